The van der Waals surface area contributed by atoms with Gasteiger partial charge in [0.2, 0.25) is 17.7 Å². The number of amides is 3. The number of carboxylic acid groups (broad SMARTS) is 1. The lowest BCUT2D eigenvalue weighted by Crippen LogP contribution is -2.54. The fourth-order valence-corrected chi connectivity index (χ4v) is 4.22. The van der Waals surface area contributed by atoms with Crippen molar-refractivity contribution in [3.63, 3.8) is 0 Å². The first kappa shape index (κ1) is 29.2. The second-order valence-electron chi connectivity index (χ2n) is 9.91. The van der Waals surface area contributed by atoms with Gasteiger partial charge in [0.25, 0.3) is 0 Å². The van der Waals surface area contributed by atoms with Gasteiger partial charge < -0.3 is 36.9 Å². The van der Waals surface area contributed by atoms with E-state index >= 15 is 0 Å². The molecule has 3 atom stereocenters. The number of nitrogens with one attached hydrogen (secondary N) is 4. The van der Waals surface area contributed by atoms with Gasteiger partial charge in [0, 0.05) is 23.5 Å². The van der Waals surface area contributed by atoms with Crippen molar-refractivity contribution in [1.82, 2.24) is 20.9 Å². The number of H-pyrrole nitrogens is 1. The Kier molecular flexibility index (Phi) is 10.0. The topological polar surface area (TPSA) is 187 Å². The van der Waals surface area contributed by atoms with Gasteiger partial charge in [-0.15, -0.1) is 0 Å². The highest BCUT2D eigenvalue weighted by Crippen LogP contribution is 2.19. The molecule has 8 N–H and O–H groups in total. The lowest BCUT2D eigenvalue weighted by atomic mass is 10.0. The number of hydrogen-bond donors (Lipinski definition) is 7. The van der Waals surface area contributed by atoms with Gasteiger partial charge >= 0.3 is 5.97 Å². The van der Waals surface area contributed by atoms with E-state index in [0.29, 0.717) is 0 Å². The number of phenols is 1. The van der Waals surface area contributed by atoms with Gasteiger partial charge in [0.05, 0.1) is 12.6 Å². The van der Waals surface area contributed by atoms with Gasteiger partial charge in [-0.25, -0.2) is 4.79 Å². The minimum Gasteiger partial charge on any atom is -0.508 e. The van der Waals surface area contributed by atoms with Crippen LogP contribution in [0.2, 0.25) is 0 Å². The first-order valence-corrected chi connectivity index (χ1v) is 12.7. The van der Waals surface area contributed by atoms with Crippen LogP contribution in [0.5, 0.6) is 5.75 Å². The van der Waals surface area contributed by atoms with Crippen molar-refractivity contribution < 1.29 is 29.4 Å². The molecular formula is C28H35N5O6. The number of rotatable bonds is 13. The number of benzene rings is 2. The summed E-state index contributed by atoms with van der Waals surface area (Å²) >= 11 is 0. The number of phenolic OH excluding ortho intramolecular Hbond substituents is 1. The van der Waals surface area contributed by atoms with Crippen LogP contribution >= 0.6 is 0 Å². The zero-order valence-corrected chi connectivity index (χ0v) is 21.9. The molecule has 2 aromatic carbocycles. The highest BCUT2D eigenvalue weighted by atomic mass is 16.4. The van der Waals surface area contributed by atoms with E-state index in [0.717, 1.165) is 22.0 Å². The maximum absolute atomic E-state index is 13.2. The highest BCUT2D eigenvalue weighted by molar-refractivity contribution is 5.93. The van der Waals surface area contributed by atoms with Crippen LogP contribution in [0.1, 0.15) is 31.4 Å². The second-order valence-corrected chi connectivity index (χ2v) is 9.91. The Morgan fingerprint density at radius 2 is 1.62 bits per heavy atom. The van der Waals surface area contributed by atoms with Crippen LogP contribution in [0.15, 0.2) is 54.7 Å². The summed E-state index contributed by atoms with van der Waals surface area (Å²) in [5, 5.41) is 27.5. The van der Waals surface area contributed by atoms with E-state index < -0.39 is 48.4 Å². The fourth-order valence-electron chi connectivity index (χ4n) is 4.22. The molecule has 3 amide bonds. The van der Waals surface area contributed by atoms with Crippen LogP contribution in [0.3, 0.4) is 0 Å². The monoisotopic (exact) mass is 537 g/mol. The molecular weight excluding hydrogens is 502 g/mol. The molecule has 39 heavy (non-hydrogen) atoms. The average molecular weight is 538 g/mol. The zero-order valence-electron chi connectivity index (χ0n) is 21.9. The van der Waals surface area contributed by atoms with Gasteiger partial charge in [-0.1, -0.05) is 44.2 Å². The van der Waals surface area contributed by atoms with Crippen LogP contribution in [0.25, 0.3) is 10.9 Å². The molecule has 0 saturated carbocycles. The van der Waals surface area contributed by atoms with Crippen LogP contribution in [0, 0.1) is 5.92 Å². The van der Waals surface area contributed by atoms with Crippen LogP contribution < -0.4 is 21.7 Å². The number of carboxylic acids is 1. The molecule has 3 rings (SSSR count). The minimum absolute atomic E-state index is 0.0223. The molecule has 11 heteroatoms. The quantitative estimate of drug-likeness (QED) is 0.171. The number of fused-ring (bicyclic) bond motifs is 1. The van der Waals surface area contributed by atoms with Gasteiger partial charge in [0.1, 0.15) is 17.8 Å². The lowest BCUT2D eigenvalue weighted by molar-refractivity contribution is -0.142. The largest absolute Gasteiger partial charge is 0.508 e. The molecule has 0 radical (unpaired) electrons. The first-order valence-electron chi connectivity index (χ1n) is 12.7. The average Bonchev–Trinajstić information content (AvgIpc) is 3.30. The summed E-state index contributed by atoms with van der Waals surface area (Å²) in [5.74, 6) is -2.87. The number of aliphatic carboxylic acids is 1. The van der Waals surface area contributed by atoms with Crippen molar-refractivity contribution in [1.29, 1.82) is 0 Å². The fraction of sp³-hybridized carbons (Fsp3) is 0.357. The zero-order chi connectivity index (χ0) is 28.5. The Morgan fingerprint density at radius 1 is 0.923 bits per heavy atom. The number of carbonyl (C=O) groups excluding carboxylic acids is 3. The molecule has 0 fully saturated rings. The molecule has 0 bridgehead atoms. The third kappa shape index (κ3) is 8.57. The van der Waals surface area contributed by atoms with Crippen LogP contribution in [-0.2, 0) is 32.0 Å². The van der Waals surface area contributed by atoms with Crippen molar-refractivity contribution >= 4 is 34.6 Å². The minimum atomic E-state index is -1.16. The predicted molar refractivity (Wildman–Crippen MR) is 146 cm³/mol. The molecule has 1 heterocycles. The number of nitrogens with two attached hydrogens (primary N) is 1. The molecule has 11 nitrogen and oxygen atoms in total. The molecule has 0 saturated heterocycles. The Bertz CT molecular complexity index is 1300. The molecule has 0 aliphatic heterocycles. The number of aromatic nitrogens is 1. The van der Waals surface area contributed by atoms with E-state index in [1.54, 1.807) is 18.3 Å². The van der Waals surface area contributed by atoms with Crippen molar-refractivity contribution in [2.45, 2.75) is 51.2 Å². The summed E-state index contributed by atoms with van der Waals surface area (Å²) in [4.78, 5) is 53.2. The first-order chi connectivity index (χ1) is 18.5. The summed E-state index contributed by atoms with van der Waals surface area (Å²) < 4.78 is 0. The van der Waals surface area contributed by atoms with Gasteiger partial charge in [-0.3, -0.25) is 14.4 Å². The Hall–Kier alpha value is -4.38. The van der Waals surface area contributed by atoms with Gasteiger partial charge in [-0.2, -0.15) is 0 Å². The molecule has 3 unspecified atom stereocenters. The van der Waals surface area contributed by atoms with E-state index in [9.17, 15) is 29.4 Å². The Labute approximate surface area is 226 Å². The number of aromatic amines is 1. The predicted octanol–water partition coefficient (Wildman–Crippen LogP) is 1.20. The maximum atomic E-state index is 13.2. The summed E-state index contributed by atoms with van der Waals surface area (Å²) in [6, 6.07) is 10.6. The van der Waals surface area contributed by atoms with Crippen molar-refractivity contribution in [3.05, 3.63) is 65.9 Å². The van der Waals surface area contributed by atoms with E-state index in [-0.39, 0.29) is 30.9 Å². The molecule has 3 aromatic rings. The summed E-state index contributed by atoms with van der Waals surface area (Å²) in [5.41, 5.74) is 8.32. The van der Waals surface area contributed by atoms with E-state index in [1.165, 1.54) is 12.1 Å². The van der Waals surface area contributed by atoms with E-state index in [4.69, 9.17) is 5.73 Å². The van der Waals surface area contributed by atoms with Crippen molar-refractivity contribution in [2.24, 2.45) is 11.7 Å². The van der Waals surface area contributed by atoms with Gasteiger partial charge in [0.15, 0.2) is 0 Å². The van der Waals surface area contributed by atoms with Crippen LogP contribution in [-0.4, -0.2) is 63.6 Å². The summed E-state index contributed by atoms with van der Waals surface area (Å²) in [6.07, 6.45) is 2.27. The van der Waals surface area contributed by atoms with E-state index in [2.05, 4.69) is 20.9 Å². The SMILES string of the molecule is CC(C)CC(NC(=O)C(Cc1c[nH]c2ccccc12)NC(=O)CNC(=O)C(N)Cc1ccc(O)cc1)C(=O)O. The van der Waals surface area contributed by atoms with Crippen LogP contribution in [0.4, 0.5) is 0 Å². The molecule has 208 valence electrons. The summed E-state index contributed by atoms with van der Waals surface area (Å²) in [6.45, 7) is 3.28. The summed E-state index contributed by atoms with van der Waals surface area (Å²) in [7, 11) is 0. The number of aromatic hydroxyl groups is 1. The maximum Gasteiger partial charge on any atom is 0.326 e. The lowest BCUT2D eigenvalue weighted by Gasteiger charge is -2.22. The number of hydrogen-bond acceptors (Lipinski definition) is 6. The normalized spacial score (nSPS) is 13.4. The second kappa shape index (κ2) is 13.4. The van der Waals surface area contributed by atoms with Gasteiger partial charge in [-0.05, 0) is 48.1 Å². The standard InChI is InChI=1S/C28H35N5O6/c1-16(2)11-24(28(38)39)33-27(37)23(13-18-14-30-22-6-4-3-5-20(18)22)32-25(35)15-31-26(36)21(29)12-17-7-9-19(34)10-8-17/h3-10,14,16,21,23-24,30,34H,11-13,15,29H2,1-2H3,(H,31,36)(H,32,35)(H,33,37)(H,38,39). The Morgan fingerprint density at radius 3 is 2.28 bits per heavy atom. The molecule has 0 aliphatic rings. The van der Waals surface area contributed by atoms with Crippen molar-refractivity contribution in [2.75, 3.05) is 6.54 Å². The Balaban J connectivity index is 1.67. The third-order valence-electron chi connectivity index (χ3n) is 6.22. The number of para-hydroxylation sites is 1. The molecule has 0 spiro atoms. The molecule has 0 aliphatic carbocycles. The number of carbonyl (C=O) groups is 4. The van der Waals surface area contributed by atoms with Crippen molar-refractivity contribution in [3.8, 4) is 5.75 Å². The smallest absolute Gasteiger partial charge is 0.326 e. The molecule has 1 aromatic heterocycles. The highest BCUT2D eigenvalue weighted by Gasteiger charge is 2.28. The van der Waals surface area contributed by atoms with E-state index in [1.807, 2.05) is 38.1 Å². The third-order valence-corrected chi connectivity index (χ3v) is 6.22.